The van der Waals surface area contributed by atoms with E-state index in [1.54, 1.807) is 24.5 Å². The number of ether oxygens (including phenoxy) is 1. The summed E-state index contributed by atoms with van der Waals surface area (Å²) in [6, 6.07) is 11.6. The van der Waals surface area contributed by atoms with E-state index in [-0.39, 0.29) is 23.9 Å². The minimum absolute atomic E-state index is 0.0229. The Morgan fingerprint density at radius 3 is 2.73 bits per heavy atom. The first-order chi connectivity index (χ1) is 16.2. The number of anilines is 2. The number of aromatic nitrogens is 3. The number of benzene rings is 1. The third-order valence-electron chi connectivity index (χ3n) is 6.11. The lowest BCUT2D eigenvalue weighted by Crippen LogP contribution is -2.41. The van der Waals surface area contributed by atoms with Crippen molar-refractivity contribution in [1.82, 2.24) is 19.9 Å². The van der Waals surface area contributed by atoms with Crippen LogP contribution in [0.4, 0.5) is 15.9 Å². The van der Waals surface area contributed by atoms with Crippen LogP contribution in [-0.4, -0.2) is 45.0 Å². The average molecular weight is 448 g/mol. The predicted octanol–water partition coefficient (Wildman–Crippen LogP) is 4.65. The van der Waals surface area contributed by atoms with Gasteiger partial charge in [0, 0.05) is 42.9 Å². The highest BCUT2D eigenvalue weighted by atomic mass is 19.1. The van der Waals surface area contributed by atoms with Crippen molar-refractivity contribution in [3.8, 4) is 11.3 Å². The average Bonchev–Trinajstić information content (AvgIpc) is 3.35. The summed E-state index contributed by atoms with van der Waals surface area (Å²) in [5.41, 5.74) is 2.20. The first kappa shape index (κ1) is 21.5. The molecule has 1 aromatic carbocycles. The second-order valence-corrected chi connectivity index (χ2v) is 8.41. The molecule has 170 valence electrons. The lowest BCUT2D eigenvalue weighted by atomic mass is 10.1. The van der Waals surface area contributed by atoms with Crippen LogP contribution >= 0.6 is 0 Å². The number of hydrogen-bond donors (Lipinski definition) is 1. The molecule has 2 aromatic heterocycles. The Labute approximate surface area is 192 Å². The molecular formula is C25H26FN5O2. The number of carbonyl (C=O) groups is 1. The van der Waals surface area contributed by atoms with Gasteiger partial charge in [0.25, 0.3) is 5.91 Å². The number of likely N-dealkylation sites (tertiary alicyclic amines) is 1. The Bertz CT molecular complexity index is 1120. The zero-order valence-corrected chi connectivity index (χ0v) is 18.3. The molecule has 7 nitrogen and oxygen atoms in total. The van der Waals surface area contributed by atoms with E-state index >= 15 is 0 Å². The molecule has 3 aromatic rings. The molecule has 2 aliphatic rings. The summed E-state index contributed by atoms with van der Waals surface area (Å²) < 4.78 is 19.5. The minimum atomic E-state index is -0.382. The number of carbonyl (C=O) groups excluding carboxylic acids is 1. The molecular weight excluding hydrogens is 421 g/mol. The molecule has 33 heavy (non-hydrogen) atoms. The van der Waals surface area contributed by atoms with Crippen molar-refractivity contribution in [3.05, 3.63) is 66.5 Å². The van der Waals surface area contributed by atoms with Crippen LogP contribution in [0.2, 0.25) is 0 Å². The molecule has 2 atom stereocenters. The quantitative estimate of drug-likeness (QED) is 0.613. The van der Waals surface area contributed by atoms with Gasteiger partial charge in [0.15, 0.2) is 5.82 Å². The summed E-state index contributed by atoms with van der Waals surface area (Å²) >= 11 is 0. The first-order valence-corrected chi connectivity index (χ1v) is 11.4. The lowest BCUT2D eigenvalue weighted by molar-refractivity contribution is -0.147. The summed E-state index contributed by atoms with van der Waals surface area (Å²) in [5, 5.41) is 3.19. The largest absolute Gasteiger partial charge is 0.368 e. The van der Waals surface area contributed by atoms with Gasteiger partial charge in [0.1, 0.15) is 17.7 Å². The Hall–Kier alpha value is -3.39. The molecule has 0 unspecified atom stereocenters. The van der Waals surface area contributed by atoms with Crippen LogP contribution in [0, 0.1) is 5.82 Å². The highest BCUT2D eigenvalue weighted by Gasteiger charge is 2.36. The molecule has 0 radical (unpaired) electrons. The van der Waals surface area contributed by atoms with Gasteiger partial charge < -0.3 is 15.0 Å². The van der Waals surface area contributed by atoms with E-state index in [1.807, 2.05) is 23.1 Å². The highest BCUT2D eigenvalue weighted by molar-refractivity contribution is 5.81. The van der Waals surface area contributed by atoms with Gasteiger partial charge in [-0.15, -0.1) is 0 Å². The van der Waals surface area contributed by atoms with Gasteiger partial charge in [-0.3, -0.25) is 9.78 Å². The molecule has 2 saturated heterocycles. The van der Waals surface area contributed by atoms with Gasteiger partial charge in [-0.05, 0) is 62.4 Å². The second-order valence-electron chi connectivity index (χ2n) is 8.41. The molecule has 0 spiro atoms. The van der Waals surface area contributed by atoms with Crippen molar-refractivity contribution in [1.29, 1.82) is 0 Å². The molecule has 8 heteroatoms. The number of nitrogens with one attached hydrogen (secondary N) is 1. The van der Waals surface area contributed by atoms with Gasteiger partial charge in [-0.1, -0.05) is 6.07 Å². The number of amides is 1. The van der Waals surface area contributed by atoms with Crippen LogP contribution in [0.15, 0.2) is 54.9 Å². The fourth-order valence-electron chi connectivity index (χ4n) is 4.48. The van der Waals surface area contributed by atoms with Crippen LogP contribution < -0.4 is 5.32 Å². The number of halogens is 1. The maximum atomic E-state index is 13.7. The molecule has 0 aliphatic carbocycles. The van der Waals surface area contributed by atoms with Crippen molar-refractivity contribution in [2.45, 2.75) is 44.2 Å². The van der Waals surface area contributed by atoms with E-state index in [0.29, 0.717) is 30.5 Å². The van der Waals surface area contributed by atoms with Crippen LogP contribution in [0.1, 0.15) is 44.0 Å². The van der Waals surface area contributed by atoms with Crippen molar-refractivity contribution in [3.63, 3.8) is 0 Å². The summed E-state index contributed by atoms with van der Waals surface area (Å²) in [6.45, 7) is 1.30. The summed E-state index contributed by atoms with van der Waals surface area (Å²) in [7, 11) is 0. The number of rotatable bonds is 5. The van der Waals surface area contributed by atoms with Crippen LogP contribution in [0.3, 0.4) is 0 Å². The zero-order valence-electron chi connectivity index (χ0n) is 18.3. The second kappa shape index (κ2) is 9.62. The smallest absolute Gasteiger partial charge is 0.252 e. The van der Waals surface area contributed by atoms with Crippen molar-refractivity contribution < 1.29 is 13.9 Å². The molecule has 0 saturated carbocycles. The molecule has 2 fully saturated rings. The third-order valence-corrected chi connectivity index (χ3v) is 6.11. The summed E-state index contributed by atoms with van der Waals surface area (Å²) in [6.07, 6.45) is 7.48. The number of hydrogen-bond acceptors (Lipinski definition) is 6. The van der Waals surface area contributed by atoms with E-state index in [0.717, 1.165) is 43.4 Å². The lowest BCUT2D eigenvalue weighted by Gasteiger charge is -2.30. The van der Waals surface area contributed by atoms with Crippen LogP contribution in [0.5, 0.6) is 0 Å². The summed E-state index contributed by atoms with van der Waals surface area (Å²) in [5.74, 6) is 0.814. The monoisotopic (exact) mass is 447 g/mol. The maximum Gasteiger partial charge on any atom is 0.252 e. The van der Waals surface area contributed by atoms with E-state index < -0.39 is 0 Å². The van der Waals surface area contributed by atoms with Gasteiger partial charge >= 0.3 is 0 Å². The van der Waals surface area contributed by atoms with Gasteiger partial charge in [-0.2, -0.15) is 0 Å². The van der Waals surface area contributed by atoms with Crippen molar-refractivity contribution >= 4 is 17.4 Å². The van der Waals surface area contributed by atoms with E-state index in [1.165, 1.54) is 12.1 Å². The molecule has 5 rings (SSSR count). The highest BCUT2D eigenvalue weighted by Crippen LogP contribution is 2.34. The number of pyridine rings is 1. The summed E-state index contributed by atoms with van der Waals surface area (Å²) in [4.78, 5) is 28.8. The van der Waals surface area contributed by atoms with E-state index in [4.69, 9.17) is 14.7 Å². The van der Waals surface area contributed by atoms with Gasteiger partial charge in [-0.25, -0.2) is 14.4 Å². The Morgan fingerprint density at radius 2 is 1.94 bits per heavy atom. The SMILES string of the molecule is O=C([C@@H]1CCCCO1)N1CCC[C@H]1c1nc(Nc2cccc(F)c2)cc(-c2ccncc2)n1. The maximum absolute atomic E-state index is 13.7. The fraction of sp³-hybridized carbons (Fsp3) is 0.360. The van der Waals surface area contributed by atoms with Crippen LogP contribution in [-0.2, 0) is 9.53 Å². The Balaban J connectivity index is 1.49. The Morgan fingerprint density at radius 1 is 1.06 bits per heavy atom. The standard InChI is InChI=1S/C25H26FN5O2/c26-18-5-3-6-19(15-18)28-23-16-20(17-9-11-27-12-10-17)29-24(30-23)21-7-4-13-31(21)25(32)22-8-1-2-14-33-22/h3,5-6,9-12,15-16,21-22H,1-2,4,7-8,13-14H2,(H,28,29,30)/t21-,22-/m0/s1. The van der Waals surface area contributed by atoms with Gasteiger partial charge in [0.05, 0.1) is 11.7 Å². The third kappa shape index (κ3) is 4.85. The van der Waals surface area contributed by atoms with E-state index in [9.17, 15) is 9.18 Å². The predicted molar refractivity (Wildman–Crippen MR) is 122 cm³/mol. The normalized spacial score (nSPS) is 20.6. The topological polar surface area (TPSA) is 80.2 Å². The van der Waals surface area contributed by atoms with Crippen molar-refractivity contribution in [2.24, 2.45) is 0 Å². The molecule has 4 heterocycles. The van der Waals surface area contributed by atoms with E-state index in [2.05, 4.69) is 10.3 Å². The first-order valence-electron chi connectivity index (χ1n) is 11.4. The minimum Gasteiger partial charge on any atom is -0.368 e. The zero-order chi connectivity index (χ0) is 22.6. The molecule has 0 bridgehead atoms. The van der Waals surface area contributed by atoms with Gasteiger partial charge in [0.2, 0.25) is 0 Å². The molecule has 1 N–H and O–H groups in total. The number of nitrogens with zero attached hydrogens (tertiary/aromatic N) is 4. The van der Waals surface area contributed by atoms with Crippen molar-refractivity contribution in [2.75, 3.05) is 18.5 Å². The molecule has 1 amide bonds. The fourth-order valence-corrected chi connectivity index (χ4v) is 4.48. The molecule has 2 aliphatic heterocycles. The van der Waals surface area contributed by atoms with Crippen LogP contribution in [0.25, 0.3) is 11.3 Å². The Kier molecular flexibility index (Phi) is 6.26.